The molecule has 2 atom stereocenters. The number of hydrogen-bond donors (Lipinski definition) is 1. The molecule has 71 valence electrons. The van der Waals surface area contributed by atoms with Crippen molar-refractivity contribution in [3.05, 3.63) is 0 Å². The van der Waals surface area contributed by atoms with Crippen molar-refractivity contribution in [2.45, 2.75) is 12.3 Å². The molecular weight excluding hydrogens is 268 g/mol. The van der Waals surface area contributed by atoms with Gasteiger partial charge in [-0.25, -0.2) is 0 Å². The molecule has 2 unspecified atom stereocenters. The van der Waals surface area contributed by atoms with Crippen molar-refractivity contribution in [3.8, 4) is 0 Å². The van der Waals surface area contributed by atoms with Crippen LogP contribution in [0.3, 0.4) is 0 Å². The molecule has 0 amide bonds. The Kier molecular flexibility index (Phi) is 10.2. The maximum absolute atomic E-state index is 9.99. The Hall–Kier alpha value is 1.82. The molecule has 0 aliphatic rings. The summed E-state index contributed by atoms with van der Waals surface area (Å²) in [6.07, 6.45) is 0. The monoisotopic (exact) mass is 273 g/mol. The molecule has 0 aliphatic carbocycles. The summed E-state index contributed by atoms with van der Waals surface area (Å²) in [6.45, 7) is 0.620. The fourth-order valence-electron chi connectivity index (χ4n) is 0.179. The molecule has 0 saturated heterocycles. The van der Waals surface area contributed by atoms with Gasteiger partial charge in [0.2, 0.25) is 0 Å². The zero-order valence-electron chi connectivity index (χ0n) is 6.26. The maximum atomic E-state index is 9.99. The van der Waals surface area contributed by atoms with Crippen LogP contribution in [0.2, 0.25) is 0 Å². The van der Waals surface area contributed by atoms with E-state index in [0.717, 1.165) is 0 Å². The SMILES string of the molecule is CC(P(=O)([O-])[O-])P(=O)([O-])O.[Cu+2].[Na+]. The molecule has 1 radical (unpaired) electrons. The molecule has 0 aromatic carbocycles. The van der Waals surface area contributed by atoms with Crippen LogP contribution in [-0.4, -0.2) is 10.3 Å². The van der Waals surface area contributed by atoms with E-state index in [1.165, 1.54) is 0 Å². The summed E-state index contributed by atoms with van der Waals surface area (Å²) in [7, 11) is -10.2. The smallest absolute Gasteiger partial charge is 0.810 e. The molecule has 0 aliphatic heterocycles. The van der Waals surface area contributed by atoms with Crippen LogP contribution in [0, 0.1) is 0 Å². The van der Waals surface area contributed by atoms with Crippen molar-refractivity contribution in [3.63, 3.8) is 0 Å². The van der Waals surface area contributed by atoms with Gasteiger partial charge in [-0.15, -0.1) is 0 Å². The van der Waals surface area contributed by atoms with E-state index in [2.05, 4.69) is 0 Å². The van der Waals surface area contributed by atoms with Crippen molar-refractivity contribution in [1.29, 1.82) is 0 Å². The summed E-state index contributed by atoms with van der Waals surface area (Å²) >= 11 is 0. The topological polar surface area (TPSA) is 124 Å². The normalized spacial score (nSPS) is 18.1. The second-order valence-corrected chi connectivity index (χ2v) is 5.90. The molecule has 0 saturated carbocycles. The average molecular weight is 274 g/mol. The van der Waals surface area contributed by atoms with Gasteiger partial charge < -0.3 is 28.7 Å². The van der Waals surface area contributed by atoms with E-state index in [9.17, 15) is 23.8 Å². The number of rotatable bonds is 2. The minimum Gasteiger partial charge on any atom is -0.810 e. The summed E-state index contributed by atoms with van der Waals surface area (Å²) in [6, 6.07) is 0. The minimum absolute atomic E-state index is 0. The van der Waals surface area contributed by atoms with Crippen molar-refractivity contribution < 1.29 is 75.3 Å². The molecule has 0 rings (SSSR count). The van der Waals surface area contributed by atoms with E-state index in [-0.39, 0.29) is 46.6 Å². The standard InChI is InChI=1S/C2H8O6P2.Cu.Na/c1-2(9(3,4)5)10(6,7)8;;/h2H,1H3,(H2,3,4,5)(H2,6,7,8);;/q;+2;+1/p-3. The second kappa shape index (κ2) is 6.33. The van der Waals surface area contributed by atoms with Gasteiger partial charge in [0.1, 0.15) is 7.60 Å². The van der Waals surface area contributed by atoms with Crippen LogP contribution in [0.1, 0.15) is 6.92 Å². The van der Waals surface area contributed by atoms with E-state index < -0.39 is 20.6 Å². The van der Waals surface area contributed by atoms with Gasteiger partial charge in [-0.1, -0.05) is 7.60 Å². The minimum atomic E-state index is -5.20. The van der Waals surface area contributed by atoms with E-state index >= 15 is 0 Å². The first-order valence-corrected chi connectivity index (χ1v) is 5.47. The summed E-state index contributed by atoms with van der Waals surface area (Å²) in [5, 5.41) is -2.24. The summed E-state index contributed by atoms with van der Waals surface area (Å²) < 4.78 is 19.9. The molecule has 0 spiro atoms. The third kappa shape index (κ3) is 7.24. The predicted octanol–water partition coefficient (Wildman–Crippen LogP) is -5.21. The molecule has 6 nitrogen and oxygen atoms in total. The average Bonchev–Trinajstić information content (AvgIpc) is 1.59. The predicted molar refractivity (Wildman–Crippen MR) is 26.9 cm³/mol. The molecule has 12 heavy (non-hydrogen) atoms. The molecule has 10 heteroatoms. The van der Waals surface area contributed by atoms with E-state index in [0.29, 0.717) is 6.92 Å². The van der Waals surface area contributed by atoms with Gasteiger partial charge in [-0.2, -0.15) is 0 Å². The van der Waals surface area contributed by atoms with Gasteiger partial charge in [0.25, 0.3) is 0 Å². The Morgan fingerprint density at radius 1 is 1.25 bits per heavy atom. The van der Waals surface area contributed by atoms with Gasteiger partial charge >= 0.3 is 46.6 Å². The first kappa shape index (κ1) is 19.4. The van der Waals surface area contributed by atoms with E-state index in [1.807, 2.05) is 0 Å². The van der Waals surface area contributed by atoms with Crippen molar-refractivity contribution >= 4 is 15.2 Å². The van der Waals surface area contributed by atoms with Gasteiger partial charge in [-0.3, -0.25) is 0 Å². The Labute approximate surface area is 102 Å². The van der Waals surface area contributed by atoms with Crippen LogP contribution in [-0.2, 0) is 26.2 Å². The third-order valence-corrected chi connectivity index (χ3v) is 4.51. The maximum Gasteiger partial charge on any atom is 2.00 e. The fraction of sp³-hybridized carbons (Fsp3) is 1.00. The summed E-state index contributed by atoms with van der Waals surface area (Å²) in [5.41, 5.74) is 0. The van der Waals surface area contributed by atoms with E-state index in [4.69, 9.17) is 4.89 Å². The largest absolute Gasteiger partial charge is 2.00 e. The molecule has 0 heterocycles. The molecule has 0 fully saturated rings. The van der Waals surface area contributed by atoms with Gasteiger partial charge in [0.05, 0.1) is 0 Å². The van der Waals surface area contributed by atoms with Crippen LogP contribution in [0.5, 0.6) is 0 Å². The second-order valence-electron chi connectivity index (χ2n) is 1.74. The molecule has 0 aromatic heterocycles. The molecule has 0 bridgehead atoms. The van der Waals surface area contributed by atoms with Crippen molar-refractivity contribution in [2.24, 2.45) is 0 Å². The van der Waals surface area contributed by atoms with Gasteiger partial charge in [-0.05, 0) is 6.92 Å². The van der Waals surface area contributed by atoms with Crippen molar-refractivity contribution in [2.75, 3.05) is 0 Å². The quantitative estimate of drug-likeness (QED) is 0.396. The first-order chi connectivity index (χ1) is 4.15. The van der Waals surface area contributed by atoms with Gasteiger partial charge in [0.15, 0.2) is 0 Å². The van der Waals surface area contributed by atoms with Gasteiger partial charge in [0, 0.05) is 5.40 Å². The summed E-state index contributed by atoms with van der Waals surface area (Å²) in [5.74, 6) is 0. The Balaban J connectivity index is -0.000000405. The van der Waals surface area contributed by atoms with Crippen LogP contribution in [0.4, 0.5) is 0 Å². The Bertz CT molecular complexity index is 186. The Morgan fingerprint density at radius 3 is 1.50 bits per heavy atom. The zero-order valence-corrected chi connectivity index (χ0v) is 11.0. The summed E-state index contributed by atoms with van der Waals surface area (Å²) in [4.78, 5) is 37.9. The molecule has 1 N–H and O–H groups in total. The first-order valence-electron chi connectivity index (χ1n) is 2.21. The van der Waals surface area contributed by atoms with Crippen molar-refractivity contribution in [1.82, 2.24) is 0 Å². The van der Waals surface area contributed by atoms with Crippen LogP contribution < -0.4 is 44.2 Å². The zero-order chi connectivity index (χ0) is 8.58. The fourth-order valence-corrected chi connectivity index (χ4v) is 1.61. The number of hydrogen-bond acceptors (Lipinski definition) is 5. The van der Waals surface area contributed by atoms with Crippen LogP contribution in [0.25, 0.3) is 0 Å². The molecule has 0 aromatic rings. The van der Waals surface area contributed by atoms with Crippen LogP contribution >= 0.6 is 15.2 Å². The van der Waals surface area contributed by atoms with E-state index in [1.54, 1.807) is 0 Å². The van der Waals surface area contributed by atoms with Crippen LogP contribution in [0.15, 0.2) is 0 Å². The third-order valence-electron chi connectivity index (χ3n) is 0.930. The Morgan fingerprint density at radius 2 is 1.50 bits per heavy atom. The molecular formula is C2H5CuNaO6P2.